The van der Waals surface area contributed by atoms with Gasteiger partial charge in [0.2, 0.25) is 0 Å². The summed E-state index contributed by atoms with van der Waals surface area (Å²) in [5, 5.41) is 19.6. The van der Waals surface area contributed by atoms with Crippen LogP contribution in [0.2, 0.25) is 0 Å². The molecule has 36 heavy (non-hydrogen) atoms. The number of nitrogens with zero attached hydrogens (tertiary/aromatic N) is 2. The molecule has 4 rings (SSSR count). The molecule has 0 atom stereocenters. The Morgan fingerprint density at radius 1 is 1.03 bits per heavy atom. The number of carbonyl (C=O) groups is 1. The number of aromatic nitrogens is 1. The Labute approximate surface area is 223 Å². The lowest BCUT2D eigenvalue weighted by Crippen LogP contribution is -2.30. The highest BCUT2D eigenvalue weighted by Crippen LogP contribution is 2.40. The fourth-order valence-electron chi connectivity index (χ4n) is 4.33. The van der Waals surface area contributed by atoms with Gasteiger partial charge in [-0.15, -0.1) is 17.0 Å². The van der Waals surface area contributed by atoms with E-state index in [1.807, 2.05) is 71.9 Å². The van der Waals surface area contributed by atoms with E-state index in [1.54, 1.807) is 29.4 Å². The van der Waals surface area contributed by atoms with Crippen LogP contribution in [-0.2, 0) is 17.4 Å². The zero-order valence-corrected chi connectivity index (χ0v) is 23.4. The van der Waals surface area contributed by atoms with E-state index in [4.69, 9.17) is 10.1 Å². The maximum absolute atomic E-state index is 13.4. The number of ether oxygens (including phenoxy) is 1. The second kappa shape index (κ2) is 10.1. The van der Waals surface area contributed by atoms with Gasteiger partial charge in [0.05, 0.1) is 12.7 Å². The van der Waals surface area contributed by atoms with Crippen LogP contribution in [-0.4, -0.2) is 33.2 Å². The standard InChI is InChI=1S/C29H33N3O3.BrH/c1-28(2,3)23-13-18(14-24(26(23)34)29(4,5)6)25(33)17-32-16-19-12-20(9-10-22(19)27(32)30)35-21-8-7-11-31-15-21;/h7-15,30,34H,16-17H2,1-6H3;1H. The van der Waals surface area contributed by atoms with Crippen LogP contribution in [0.5, 0.6) is 17.2 Å². The quantitative estimate of drug-likeness (QED) is 0.341. The van der Waals surface area contributed by atoms with Gasteiger partial charge in [-0.25, -0.2) is 0 Å². The number of amidine groups is 1. The Kier molecular flexibility index (Phi) is 7.65. The van der Waals surface area contributed by atoms with Gasteiger partial charge in [0.1, 0.15) is 23.1 Å². The van der Waals surface area contributed by atoms with Crippen LogP contribution in [0.1, 0.15) is 74.2 Å². The molecule has 0 bridgehead atoms. The third-order valence-corrected chi connectivity index (χ3v) is 6.26. The number of ketones is 1. The third kappa shape index (κ3) is 5.62. The number of fused-ring (bicyclic) bond motifs is 1. The molecule has 1 aliphatic rings. The first-order chi connectivity index (χ1) is 16.3. The van der Waals surface area contributed by atoms with Crippen molar-refractivity contribution in [3.8, 4) is 17.2 Å². The van der Waals surface area contributed by atoms with Crippen molar-refractivity contribution in [2.45, 2.75) is 58.9 Å². The van der Waals surface area contributed by atoms with Gasteiger partial charge < -0.3 is 14.7 Å². The normalized spacial score (nSPS) is 13.3. The van der Waals surface area contributed by atoms with Crippen molar-refractivity contribution in [2.75, 3.05) is 6.54 Å². The molecular formula is C29H34BrN3O3. The van der Waals surface area contributed by atoms with Gasteiger partial charge in [0, 0.05) is 35.0 Å². The SMILES string of the molecule is Br.CC(C)(C)c1cc(C(=O)CN2Cc3cc(Oc4cccnc4)ccc3C2=N)cc(C(C)(C)C)c1O. The summed E-state index contributed by atoms with van der Waals surface area (Å²) >= 11 is 0. The number of phenols is 1. The molecule has 0 spiro atoms. The first-order valence-corrected chi connectivity index (χ1v) is 11.8. The van der Waals surface area contributed by atoms with Crippen LogP contribution < -0.4 is 4.74 Å². The average Bonchev–Trinajstić information content (AvgIpc) is 3.07. The van der Waals surface area contributed by atoms with Crippen LogP contribution in [0.15, 0.2) is 54.9 Å². The second-order valence-corrected chi connectivity index (χ2v) is 11.2. The van der Waals surface area contributed by atoms with Crippen LogP contribution in [0, 0.1) is 5.41 Å². The van der Waals surface area contributed by atoms with Crippen molar-refractivity contribution in [3.63, 3.8) is 0 Å². The van der Waals surface area contributed by atoms with E-state index < -0.39 is 0 Å². The predicted octanol–water partition coefficient (Wildman–Crippen LogP) is 6.78. The molecule has 0 saturated carbocycles. The van der Waals surface area contributed by atoms with Gasteiger partial charge in [-0.1, -0.05) is 41.5 Å². The number of pyridine rings is 1. The number of carbonyl (C=O) groups excluding carboxylic acids is 1. The summed E-state index contributed by atoms with van der Waals surface area (Å²) < 4.78 is 5.88. The Balaban J connectivity index is 0.00000361. The molecule has 0 unspecified atom stereocenters. The van der Waals surface area contributed by atoms with Gasteiger partial charge in [-0.05, 0) is 58.9 Å². The summed E-state index contributed by atoms with van der Waals surface area (Å²) in [6.07, 6.45) is 3.34. The molecule has 1 aliphatic heterocycles. The molecular weight excluding hydrogens is 518 g/mol. The van der Waals surface area contributed by atoms with Crippen molar-refractivity contribution in [1.29, 1.82) is 5.41 Å². The first-order valence-electron chi connectivity index (χ1n) is 11.8. The molecule has 7 heteroatoms. The maximum atomic E-state index is 13.4. The van der Waals surface area contributed by atoms with Crippen molar-refractivity contribution in [1.82, 2.24) is 9.88 Å². The Morgan fingerprint density at radius 2 is 1.67 bits per heavy atom. The predicted molar refractivity (Wildman–Crippen MR) is 148 cm³/mol. The van der Waals surface area contributed by atoms with Gasteiger partial charge in [0.25, 0.3) is 0 Å². The zero-order chi connectivity index (χ0) is 25.5. The maximum Gasteiger partial charge on any atom is 0.182 e. The second-order valence-electron chi connectivity index (χ2n) is 11.2. The summed E-state index contributed by atoms with van der Waals surface area (Å²) in [5.41, 5.74) is 3.18. The molecule has 0 radical (unpaired) electrons. The number of nitrogens with one attached hydrogen (secondary N) is 1. The number of benzene rings is 2. The smallest absolute Gasteiger partial charge is 0.182 e. The number of aromatic hydroxyl groups is 1. The van der Waals surface area contributed by atoms with Crippen molar-refractivity contribution < 1.29 is 14.6 Å². The molecule has 2 N–H and O–H groups in total. The fraction of sp³-hybridized carbons (Fsp3) is 0.345. The molecule has 2 aromatic carbocycles. The van der Waals surface area contributed by atoms with Gasteiger partial charge >= 0.3 is 0 Å². The van der Waals surface area contributed by atoms with E-state index in [0.29, 0.717) is 29.4 Å². The lowest BCUT2D eigenvalue weighted by atomic mass is 9.78. The minimum atomic E-state index is -0.318. The van der Waals surface area contributed by atoms with Crippen LogP contribution >= 0.6 is 17.0 Å². The zero-order valence-electron chi connectivity index (χ0n) is 21.7. The number of rotatable bonds is 5. The number of hydrogen-bond acceptors (Lipinski definition) is 5. The largest absolute Gasteiger partial charge is 0.507 e. The average molecular weight is 553 g/mol. The number of halogens is 1. The summed E-state index contributed by atoms with van der Waals surface area (Å²) in [7, 11) is 0. The van der Waals surface area contributed by atoms with Gasteiger partial charge in [0.15, 0.2) is 5.78 Å². The van der Waals surface area contributed by atoms with Crippen molar-refractivity contribution >= 4 is 28.6 Å². The van der Waals surface area contributed by atoms with Crippen LogP contribution in [0.4, 0.5) is 0 Å². The Bertz CT molecular complexity index is 1260. The lowest BCUT2D eigenvalue weighted by molar-refractivity contribution is 0.0962. The fourth-order valence-corrected chi connectivity index (χ4v) is 4.33. The Morgan fingerprint density at radius 3 is 2.22 bits per heavy atom. The number of phenolic OH excluding ortho intramolecular Hbond substituents is 1. The molecule has 3 aromatic rings. The number of Topliss-reactive ketones (excluding diaryl/α,β-unsaturated/α-hetero) is 1. The lowest BCUT2D eigenvalue weighted by Gasteiger charge is -2.28. The first kappa shape index (κ1) is 27.4. The summed E-state index contributed by atoms with van der Waals surface area (Å²) in [5.74, 6) is 1.81. The van der Waals surface area contributed by atoms with Crippen molar-refractivity contribution in [2.24, 2.45) is 0 Å². The molecule has 6 nitrogen and oxygen atoms in total. The topological polar surface area (TPSA) is 86.5 Å². The van der Waals surface area contributed by atoms with Gasteiger partial charge in [-0.2, -0.15) is 0 Å². The summed E-state index contributed by atoms with van der Waals surface area (Å²) in [6, 6.07) is 12.9. The molecule has 0 fully saturated rings. The van der Waals surface area contributed by atoms with Gasteiger partial charge in [-0.3, -0.25) is 15.2 Å². The Hall–Kier alpha value is -3.19. The monoisotopic (exact) mass is 551 g/mol. The van der Waals surface area contributed by atoms with Crippen LogP contribution in [0.25, 0.3) is 0 Å². The van der Waals surface area contributed by atoms with E-state index in [1.165, 1.54) is 0 Å². The van der Waals surface area contributed by atoms with Crippen LogP contribution in [0.3, 0.4) is 0 Å². The molecule has 0 amide bonds. The van der Waals surface area contributed by atoms with Crippen molar-refractivity contribution in [3.05, 3.63) is 82.7 Å². The summed E-state index contributed by atoms with van der Waals surface area (Å²) in [4.78, 5) is 19.3. The molecule has 1 aromatic heterocycles. The molecule has 0 saturated heterocycles. The van der Waals surface area contributed by atoms with E-state index >= 15 is 0 Å². The highest BCUT2D eigenvalue weighted by Gasteiger charge is 2.30. The van der Waals surface area contributed by atoms with E-state index in [2.05, 4.69) is 4.98 Å². The molecule has 2 heterocycles. The highest BCUT2D eigenvalue weighted by molar-refractivity contribution is 8.93. The third-order valence-electron chi connectivity index (χ3n) is 6.26. The molecule has 190 valence electrons. The van der Waals surface area contributed by atoms with E-state index in [-0.39, 0.29) is 45.9 Å². The molecule has 0 aliphatic carbocycles. The summed E-state index contributed by atoms with van der Waals surface area (Å²) in [6.45, 7) is 12.7. The minimum absolute atomic E-state index is 0. The van der Waals surface area contributed by atoms with E-state index in [0.717, 1.165) is 22.3 Å². The minimum Gasteiger partial charge on any atom is -0.507 e. The highest BCUT2D eigenvalue weighted by atomic mass is 79.9. The van der Waals surface area contributed by atoms with E-state index in [9.17, 15) is 9.90 Å². The number of hydrogen-bond donors (Lipinski definition) is 2.